The molecule has 0 unspecified atom stereocenters. The van der Waals surface area contributed by atoms with E-state index in [-0.39, 0.29) is 11.1 Å². The van der Waals surface area contributed by atoms with Crippen LogP contribution in [0.1, 0.15) is 33.3 Å². The lowest BCUT2D eigenvalue weighted by atomic mass is 9.98. The summed E-state index contributed by atoms with van der Waals surface area (Å²) in [5.41, 5.74) is 3.50. The van der Waals surface area contributed by atoms with Crippen LogP contribution in [0.2, 0.25) is 0 Å². The third-order valence-corrected chi connectivity index (χ3v) is 4.92. The largest absolute Gasteiger partial charge is 0.424 e. The number of esters is 3. The van der Waals surface area contributed by atoms with Crippen molar-refractivity contribution >= 4 is 23.5 Å². The van der Waals surface area contributed by atoms with Crippen molar-refractivity contribution in [2.24, 2.45) is 0 Å². The average Bonchev–Trinajstić information content (AvgIpc) is 2.86. The van der Waals surface area contributed by atoms with Crippen molar-refractivity contribution in [3.8, 4) is 22.6 Å². The van der Waals surface area contributed by atoms with Gasteiger partial charge < -0.3 is 14.2 Å². The van der Waals surface area contributed by atoms with E-state index >= 15 is 0 Å². The van der Waals surface area contributed by atoms with Gasteiger partial charge in [0.2, 0.25) is 0 Å². The predicted molar refractivity (Wildman–Crippen MR) is 146 cm³/mol. The Morgan fingerprint density at radius 3 is 1.78 bits per heavy atom. The summed E-state index contributed by atoms with van der Waals surface area (Å²) in [5, 5.41) is 0. The molecule has 2 aromatic rings. The quantitative estimate of drug-likeness (QED) is 0.116. The van der Waals surface area contributed by atoms with Crippen LogP contribution in [0.15, 0.2) is 109 Å². The van der Waals surface area contributed by atoms with Crippen molar-refractivity contribution in [1.29, 1.82) is 0 Å². The second kappa shape index (κ2) is 12.8. The monoisotopic (exact) mass is 498 g/mol. The second-order valence-electron chi connectivity index (χ2n) is 8.29. The van der Waals surface area contributed by atoms with E-state index in [9.17, 15) is 14.4 Å². The lowest BCUT2D eigenvalue weighted by Gasteiger charge is -2.13. The molecule has 0 amide bonds. The Morgan fingerprint density at radius 1 is 0.703 bits per heavy atom. The summed E-state index contributed by atoms with van der Waals surface area (Å²) in [7, 11) is 0. The minimum absolute atomic E-state index is 0.249. The molecule has 0 aliphatic carbocycles. The van der Waals surface area contributed by atoms with Crippen molar-refractivity contribution in [2.45, 2.75) is 27.7 Å². The van der Waals surface area contributed by atoms with Crippen LogP contribution in [0.4, 0.5) is 0 Å². The highest BCUT2D eigenvalue weighted by Crippen LogP contribution is 2.33. The number of carbonyl (C=O) groups is 3. The van der Waals surface area contributed by atoms with E-state index in [0.29, 0.717) is 34.0 Å². The topological polar surface area (TPSA) is 78.9 Å². The van der Waals surface area contributed by atoms with Gasteiger partial charge >= 0.3 is 17.9 Å². The van der Waals surface area contributed by atoms with Crippen molar-refractivity contribution in [3.05, 3.63) is 115 Å². The van der Waals surface area contributed by atoms with Gasteiger partial charge in [-0.1, -0.05) is 50.6 Å². The SMILES string of the molecule is C=C(C)C(=O)OC(/C=C\C(=C)c1cc(-c2ccc(OC(=O)C(=C)C)cc2)ccc1OC(=O)C(=C)C)=C/C. The number of hydrogen-bond donors (Lipinski definition) is 0. The molecule has 0 fully saturated rings. The first-order chi connectivity index (χ1) is 17.4. The molecule has 2 rings (SSSR count). The molecule has 0 radical (unpaired) electrons. The lowest BCUT2D eigenvalue weighted by molar-refractivity contribution is -0.134. The minimum atomic E-state index is -0.570. The summed E-state index contributed by atoms with van der Waals surface area (Å²) < 4.78 is 16.0. The van der Waals surface area contributed by atoms with Gasteiger partial charge in [-0.2, -0.15) is 0 Å². The summed E-state index contributed by atoms with van der Waals surface area (Å²) in [6.45, 7) is 21.3. The Balaban J connectivity index is 2.42. The number of ether oxygens (including phenoxy) is 3. The van der Waals surface area contributed by atoms with E-state index in [0.717, 1.165) is 11.1 Å². The molecule has 0 N–H and O–H groups in total. The molecular weight excluding hydrogens is 468 g/mol. The van der Waals surface area contributed by atoms with Gasteiger partial charge in [0.05, 0.1) is 0 Å². The molecule has 190 valence electrons. The zero-order valence-corrected chi connectivity index (χ0v) is 21.6. The van der Waals surface area contributed by atoms with Crippen molar-refractivity contribution < 1.29 is 28.6 Å². The van der Waals surface area contributed by atoms with E-state index in [4.69, 9.17) is 14.2 Å². The van der Waals surface area contributed by atoms with Crippen LogP contribution in [0, 0.1) is 0 Å². The molecule has 6 heteroatoms. The van der Waals surface area contributed by atoms with Crippen LogP contribution in [-0.4, -0.2) is 17.9 Å². The molecule has 0 aliphatic rings. The third-order valence-electron chi connectivity index (χ3n) is 4.92. The molecule has 0 bridgehead atoms. The van der Waals surface area contributed by atoms with Crippen molar-refractivity contribution in [2.75, 3.05) is 0 Å². The molecule has 0 spiro atoms. The number of benzene rings is 2. The number of allylic oxidation sites excluding steroid dienone is 4. The van der Waals surface area contributed by atoms with Gasteiger partial charge in [-0.3, -0.25) is 0 Å². The van der Waals surface area contributed by atoms with Crippen molar-refractivity contribution in [1.82, 2.24) is 0 Å². The molecule has 0 saturated heterocycles. The van der Waals surface area contributed by atoms with E-state index in [1.54, 1.807) is 82.3 Å². The third kappa shape index (κ3) is 8.18. The van der Waals surface area contributed by atoms with E-state index in [2.05, 4.69) is 26.3 Å². The Bertz CT molecular complexity index is 1340. The van der Waals surface area contributed by atoms with Crippen LogP contribution in [0.3, 0.4) is 0 Å². The molecule has 0 heterocycles. The van der Waals surface area contributed by atoms with E-state index in [1.807, 2.05) is 6.07 Å². The second-order valence-corrected chi connectivity index (χ2v) is 8.29. The van der Waals surface area contributed by atoms with Gasteiger partial charge in [0.25, 0.3) is 0 Å². The lowest BCUT2D eigenvalue weighted by Crippen LogP contribution is -2.09. The summed E-state index contributed by atoms with van der Waals surface area (Å²) in [6, 6.07) is 12.2. The first-order valence-corrected chi connectivity index (χ1v) is 11.3. The summed E-state index contributed by atoms with van der Waals surface area (Å²) in [5.74, 6) is -0.626. The fraction of sp³-hybridized carbons (Fsp3) is 0.129. The van der Waals surface area contributed by atoms with E-state index < -0.39 is 17.9 Å². The first-order valence-electron chi connectivity index (χ1n) is 11.3. The fourth-order valence-corrected chi connectivity index (χ4v) is 2.80. The molecule has 0 atom stereocenters. The highest BCUT2D eigenvalue weighted by molar-refractivity contribution is 5.91. The van der Waals surface area contributed by atoms with Gasteiger partial charge in [0.15, 0.2) is 0 Å². The average molecular weight is 499 g/mol. The molecule has 2 aromatic carbocycles. The fourth-order valence-electron chi connectivity index (χ4n) is 2.80. The molecule has 0 saturated carbocycles. The molecular formula is C31H30O6. The van der Waals surface area contributed by atoms with Crippen LogP contribution < -0.4 is 9.47 Å². The zero-order chi connectivity index (χ0) is 27.7. The Labute approximate surface area is 217 Å². The Hall–Kier alpha value is -4.71. The van der Waals surface area contributed by atoms with Gasteiger partial charge in [-0.25, -0.2) is 14.4 Å². The highest BCUT2D eigenvalue weighted by atomic mass is 16.5. The van der Waals surface area contributed by atoms with Crippen LogP contribution in [0.5, 0.6) is 11.5 Å². The van der Waals surface area contributed by atoms with Gasteiger partial charge in [0.1, 0.15) is 17.3 Å². The van der Waals surface area contributed by atoms with Gasteiger partial charge in [-0.15, -0.1) is 0 Å². The minimum Gasteiger partial charge on any atom is -0.424 e. The number of hydrogen-bond acceptors (Lipinski definition) is 6. The highest BCUT2D eigenvalue weighted by Gasteiger charge is 2.14. The maximum atomic E-state index is 12.2. The predicted octanol–water partition coefficient (Wildman–Crippen LogP) is 6.91. The number of carbonyl (C=O) groups excluding carboxylic acids is 3. The van der Waals surface area contributed by atoms with Crippen LogP contribution >= 0.6 is 0 Å². The number of rotatable bonds is 10. The molecule has 0 aromatic heterocycles. The van der Waals surface area contributed by atoms with Crippen LogP contribution in [0.25, 0.3) is 16.7 Å². The first kappa shape index (κ1) is 28.5. The maximum Gasteiger partial charge on any atom is 0.338 e. The summed E-state index contributed by atoms with van der Waals surface area (Å²) >= 11 is 0. The smallest absolute Gasteiger partial charge is 0.338 e. The molecule has 37 heavy (non-hydrogen) atoms. The van der Waals surface area contributed by atoms with Crippen LogP contribution in [-0.2, 0) is 19.1 Å². The standard InChI is InChI=1S/C31H30O6/c1-9-25(35-29(32)19(2)3)14-10-22(8)27-18-24(13-17-28(27)37-31(34)21(6)7)23-11-15-26(16-12-23)36-30(33)20(4)5/h9-18H,2,4,6,8H2,1,3,5,7H3/b14-10-,25-9+. The zero-order valence-electron chi connectivity index (χ0n) is 21.6. The summed E-state index contributed by atoms with van der Waals surface area (Å²) in [6.07, 6.45) is 4.87. The Kier molecular flexibility index (Phi) is 9.90. The summed E-state index contributed by atoms with van der Waals surface area (Å²) in [4.78, 5) is 35.9. The Morgan fingerprint density at radius 2 is 1.24 bits per heavy atom. The van der Waals surface area contributed by atoms with Gasteiger partial charge in [0, 0.05) is 22.3 Å². The van der Waals surface area contributed by atoms with E-state index in [1.165, 1.54) is 0 Å². The molecule has 6 nitrogen and oxygen atoms in total. The van der Waals surface area contributed by atoms with Gasteiger partial charge in [-0.05, 0) is 80.8 Å². The normalized spacial score (nSPS) is 11.0. The van der Waals surface area contributed by atoms with Crippen molar-refractivity contribution in [3.63, 3.8) is 0 Å². The maximum absolute atomic E-state index is 12.2. The molecule has 0 aliphatic heterocycles.